The summed E-state index contributed by atoms with van der Waals surface area (Å²) in [4.78, 5) is 9.38. The predicted octanol–water partition coefficient (Wildman–Crippen LogP) is 1.50. The first kappa shape index (κ1) is 14.4. The summed E-state index contributed by atoms with van der Waals surface area (Å²) in [5.74, 6) is 0. The van der Waals surface area contributed by atoms with Gasteiger partial charge in [-0.3, -0.25) is 14.8 Å². The number of rotatable bonds is 6. The van der Waals surface area contributed by atoms with Crippen molar-refractivity contribution in [1.82, 2.24) is 14.8 Å². The highest BCUT2D eigenvalue weighted by molar-refractivity contribution is 5.09. The topological polar surface area (TPSA) is 45.4 Å². The second kappa shape index (κ2) is 6.98. The Bertz CT molecular complexity index is 368. The average molecular weight is 262 g/mol. The summed E-state index contributed by atoms with van der Waals surface area (Å²) in [6.07, 6.45) is 4.47. The van der Waals surface area contributed by atoms with Crippen LogP contribution in [-0.2, 0) is 0 Å². The zero-order valence-corrected chi connectivity index (χ0v) is 12.1. The summed E-state index contributed by atoms with van der Waals surface area (Å²) in [7, 11) is 2.17. The predicted molar refractivity (Wildman–Crippen MR) is 78.9 cm³/mol. The Balaban J connectivity index is 1.99. The quantitative estimate of drug-likeness (QED) is 0.844. The highest BCUT2D eigenvalue weighted by atomic mass is 15.2. The van der Waals surface area contributed by atoms with Crippen molar-refractivity contribution in [3.63, 3.8) is 0 Å². The maximum Gasteiger partial charge on any atom is 0.0642 e. The summed E-state index contributed by atoms with van der Waals surface area (Å²) >= 11 is 0. The van der Waals surface area contributed by atoms with Crippen molar-refractivity contribution in [3.05, 3.63) is 30.1 Å². The van der Waals surface area contributed by atoms with Crippen molar-refractivity contribution in [2.45, 2.75) is 31.8 Å². The molecule has 1 aliphatic heterocycles. The van der Waals surface area contributed by atoms with E-state index in [2.05, 4.69) is 34.8 Å². The van der Waals surface area contributed by atoms with Gasteiger partial charge in [-0.15, -0.1) is 0 Å². The van der Waals surface area contributed by atoms with Crippen molar-refractivity contribution < 1.29 is 0 Å². The first-order valence-electron chi connectivity index (χ1n) is 7.31. The molecule has 0 aliphatic carbocycles. The van der Waals surface area contributed by atoms with E-state index in [9.17, 15) is 0 Å². The Labute approximate surface area is 116 Å². The van der Waals surface area contributed by atoms with Gasteiger partial charge in [-0.25, -0.2) is 0 Å². The minimum absolute atomic E-state index is 0.223. The van der Waals surface area contributed by atoms with Gasteiger partial charge in [0.25, 0.3) is 0 Å². The van der Waals surface area contributed by atoms with Gasteiger partial charge in [-0.2, -0.15) is 0 Å². The fraction of sp³-hybridized carbons (Fsp3) is 0.667. The van der Waals surface area contributed by atoms with Gasteiger partial charge >= 0.3 is 0 Å². The summed E-state index contributed by atoms with van der Waals surface area (Å²) in [5, 5.41) is 0. The Morgan fingerprint density at radius 1 is 1.53 bits per heavy atom. The third-order valence-electron chi connectivity index (χ3n) is 4.19. The number of hydrogen-bond donors (Lipinski definition) is 1. The number of likely N-dealkylation sites (tertiary alicyclic amines) is 1. The van der Waals surface area contributed by atoms with Gasteiger partial charge in [0, 0.05) is 25.3 Å². The van der Waals surface area contributed by atoms with Crippen LogP contribution in [0.1, 0.15) is 31.5 Å². The maximum atomic E-state index is 5.95. The summed E-state index contributed by atoms with van der Waals surface area (Å²) < 4.78 is 0. The molecule has 1 aliphatic rings. The van der Waals surface area contributed by atoms with Crippen molar-refractivity contribution in [2.75, 3.05) is 33.2 Å². The number of nitrogens with two attached hydrogens (primary N) is 1. The molecule has 1 aromatic rings. The molecule has 4 heteroatoms. The van der Waals surface area contributed by atoms with Gasteiger partial charge in [-0.1, -0.05) is 13.0 Å². The molecule has 1 saturated heterocycles. The van der Waals surface area contributed by atoms with Crippen LogP contribution in [0.4, 0.5) is 0 Å². The summed E-state index contributed by atoms with van der Waals surface area (Å²) in [6, 6.07) is 6.95. The lowest BCUT2D eigenvalue weighted by atomic mass is 10.1. The van der Waals surface area contributed by atoms with Crippen LogP contribution in [0, 0.1) is 0 Å². The second-order valence-electron chi connectivity index (χ2n) is 5.37. The number of likely N-dealkylation sites (N-methyl/N-ethyl adjacent to an activating group) is 2. The third-order valence-corrected chi connectivity index (χ3v) is 4.19. The van der Waals surface area contributed by atoms with Crippen molar-refractivity contribution in [2.24, 2.45) is 5.73 Å². The van der Waals surface area contributed by atoms with Crippen LogP contribution in [0.2, 0.25) is 0 Å². The number of aromatic nitrogens is 1. The highest BCUT2D eigenvalue weighted by Crippen LogP contribution is 2.21. The second-order valence-corrected chi connectivity index (χ2v) is 5.37. The lowest BCUT2D eigenvalue weighted by Crippen LogP contribution is -2.42. The molecule has 1 aromatic heterocycles. The van der Waals surface area contributed by atoms with Crippen LogP contribution in [0.3, 0.4) is 0 Å². The summed E-state index contributed by atoms with van der Waals surface area (Å²) in [6.45, 7) is 6.33. The molecular weight excluding hydrogens is 236 g/mol. The Morgan fingerprint density at radius 3 is 3.00 bits per heavy atom. The fourth-order valence-electron chi connectivity index (χ4n) is 3.08. The molecule has 2 atom stereocenters. The third kappa shape index (κ3) is 3.53. The van der Waals surface area contributed by atoms with Crippen LogP contribution in [0.5, 0.6) is 0 Å². The molecule has 2 N–H and O–H groups in total. The molecule has 4 nitrogen and oxygen atoms in total. The molecule has 19 heavy (non-hydrogen) atoms. The van der Waals surface area contributed by atoms with E-state index in [1.807, 2.05) is 18.3 Å². The van der Waals surface area contributed by atoms with E-state index in [1.165, 1.54) is 19.4 Å². The fourth-order valence-corrected chi connectivity index (χ4v) is 3.08. The first-order valence-corrected chi connectivity index (χ1v) is 7.31. The van der Waals surface area contributed by atoms with Gasteiger partial charge in [-0.05, 0) is 45.1 Å². The van der Waals surface area contributed by atoms with Crippen LogP contribution in [0.15, 0.2) is 24.4 Å². The standard InChI is InChI=1S/C15H26N4/c1-3-19-10-6-7-13(19)12-18(2)15(11-16)14-8-4-5-9-17-14/h4-5,8-9,13,15H,3,6-7,10-12,16H2,1-2H3. The SMILES string of the molecule is CCN1CCCC1CN(C)C(CN)c1ccccn1. The van der Waals surface area contributed by atoms with E-state index in [-0.39, 0.29) is 6.04 Å². The molecule has 0 aromatic carbocycles. The van der Waals surface area contributed by atoms with Gasteiger partial charge in [0.1, 0.15) is 0 Å². The minimum Gasteiger partial charge on any atom is -0.329 e. The van der Waals surface area contributed by atoms with E-state index in [0.717, 1.165) is 18.8 Å². The molecule has 2 rings (SSSR count). The molecule has 0 amide bonds. The minimum atomic E-state index is 0.223. The average Bonchev–Trinajstić information content (AvgIpc) is 2.88. The molecule has 0 radical (unpaired) electrons. The number of pyridine rings is 1. The molecule has 0 spiro atoms. The smallest absolute Gasteiger partial charge is 0.0642 e. The van der Waals surface area contributed by atoms with Crippen LogP contribution in [0.25, 0.3) is 0 Å². The van der Waals surface area contributed by atoms with Crippen LogP contribution in [-0.4, -0.2) is 54.1 Å². The van der Waals surface area contributed by atoms with E-state index < -0.39 is 0 Å². The van der Waals surface area contributed by atoms with Crippen LogP contribution >= 0.6 is 0 Å². The zero-order chi connectivity index (χ0) is 13.7. The highest BCUT2D eigenvalue weighted by Gasteiger charge is 2.26. The van der Waals surface area contributed by atoms with E-state index >= 15 is 0 Å². The van der Waals surface area contributed by atoms with E-state index in [4.69, 9.17) is 5.73 Å². The zero-order valence-electron chi connectivity index (χ0n) is 12.1. The molecule has 2 unspecified atom stereocenters. The molecule has 1 fully saturated rings. The van der Waals surface area contributed by atoms with Gasteiger partial charge in [0.2, 0.25) is 0 Å². The monoisotopic (exact) mass is 262 g/mol. The van der Waals surface area contributed by atoms with Crippen molar-refractivity contribution in [1.29, 1.82) is 0 Å². The van der Waals surface area contributed by atoms with E-state index in [1.54, 1.807) is 0 Å². The van der Waals surface area contributed by atoms with Crippen LogP contribution < -0.4 is 5.73 Å². The molecule has 0 saturated carbocycles. The largest absolute Gasteiger partial charge is 0.329 e. The lowest BCUT2D eigenvalue weighted by molar-refractivity contribution is 0.164. The Morgan fingerprint density at radius 2 is 2.37 bits per heavy atom. The molecular formula is C15H26N4. The van der Waals surface area contributed by atoms with Gasteiger partial charge in [0.05, 0.1) is 11.7 Å². The molecule has 106 valence electrons. The molecule has 2 heterocycles. The number of nitrogens with zero attached hydrogens (tertiary/aromatic N) is 3. The summed E-state index contributed by atoms with van der Waals surface area (Å²) in [5.41, 5.74) is 7.03. The first-order chi connectivity index (χ1) is 9.26. The van der Waals surface area contributed by atoms with Gasteiger partial charge in [0.15, 0.2) is 0 Å². The van der Waals surface area contributed by atoms with Crippen molar-refractivity contribution in [3.8, 4) is 0 Å². The normalized spacial score (nSPS) is 22.0. The maximum absolute atomic E-state index is 5.95. The Hall–Kier alpha value is -0.970. The van der Waals surface area contributed by atoms with Gasteiger partial charge < -0.3 is 5.73 Å². The molecule has 0 bridgehead atoms. The Kier molecular flexibility index (Phi) is 5.31. The van der Waals surface area contributed by atoms with Crippen molar-refractivity contribution >= 4 is 0 Å². The van der Waals surface area contributed by atoms with E-state index in [0.29, 0.717) is 12.6 Å². The lowest BCUT2D eigenvalue weighted by Gasteiger charge is -2.32. The number of hydrogen-bond acceptors (Lipinski definition) is 4.